The van der Waals surface area contributed by atoms with Crippen molar-refractivity contribution in [3.63, 3.8) is 0 Å². The van der Waals surface area contributed by atoms with Gasteiger partial charge in [-0.3, -0.25) is 19.0 Å². The Morgan fingerprint density at radius 2 is 1.65 bits per heavy atom. The van der Waals surface area contributed by atoms with E-state index in [1.165, 1.54) is 22.8 Å². The molecule has 4 aromatic rings. The lowest BCUT2D eigenvalue weighted by Crippen LogP contribution is -2.18. The summed E-state index contributed by atoms with van der Waals surface area (Å²) in [5.41, 5.74) is 7.69. The average Bonchev–Trinajstić information content (AvgIpc) is 3.55. The lowest BCUT2D eigenvalue weighted by atomic mass is 10.00. The summed E-state index contributed by atoms with van der Waals surface area (Å²) in [7, 11) is 1.66. The Hall–Kier alpha value is -3.69. The molecule has 2 aromatic heterocycles. The summed E-state index contributed by atoms with van der Waals surface area (Å²) in [5, 5.41) is 12.0. The lowest BCUT2D eigenvalue weighted by Gasteiger charge is -2.12. The Kier molecular flexibility index (Phi) is 9.60. The van der Waals surface area contributed by atoms with Gasteiger partial charge in [0.15, 0.2) is 5.78 Å². The maximum Gasteiger partial charge on any atom is 0.306 e. The highest BCUT2D eigenvalue weighted by molar-refractivity contribution is 7.20. The van der Waals surface area contributed by atoms with Gasteiger partial charge >= 0.3 is 5.97 Å². The van der Waals surface area contributed by atoms with Crippen LogP contribution in [0.15, 0.2) is 42.7 Å². The van der Waals surface area contributed by atoms with E-state index >= 15 is 0 Å². The minimum absolute atomic E-state index is 0.0683. The maximum atomic E-state index is 12.6. The van der Waals surface area contributed by atoms with Gasteiger partial charge in [0.1, 0.15) is 11.5 Å². The van der Waals surface area contributed by atoms with Crippen LogP contribution in [0.25, 0.3) is 20.9 Å². The highest BCUT2D eigenvalue weighted by Crippen LogP contribution is 2.34. The van der Waals surface area contributed by atoms with Crippen molar-refractivity contribution < 1.29 is 29.0 Å². The molecule has 0 radical (unpaired) electrons. The van der Waals surface area contributed by atoms with Crippen LogP contribution in [0.5, 0.6) is 11.5 Å². The number of benzene rings is 2. The number of carboxylic acids is 1. The Morgan fingerprint density at radius 3 is 2.30 bits per heavy atom. The van der Waals surface area contributed by atoms with Gasteiger partial charge in [0.05, 0.1) is 24.5 Å². The molecule has 4 rings (SSSR count). The number of hydrogen-bond donors (Lipinski definition) is 2. The van der Waals surface area contributed by atoms with Crippen molar-refractivity contribution in [2.24, 2.45) is 11.7 Å². The summed E-state index contributed by atoms with van der Waals surface area (Å²) in [6.45, 7) is 4.49. The predicted molar refractivity (Wildman–Crippen MR) is 158 cm³/mol. The highest BCUT2D eigenvalue weighted by Gasteiger charge is 2.18. The largest absolute Gasteiger partial charge is 0.496 e. The van der Waals surface area contributed by atoms with Gasteiger partial charge in [-0.05, 0) is 86.0 Å². The molecule has 40 heavy (non-hydrogen) atoms. The molecule has 0 aliphatic rings. The second-order valence-electron chi connectivity index (χ2n) is 10.0. The molecule has 0 aliphatic heterocycles. The van der Waals surface area contributed by atoms with E-state index in [1.807, 2.05) is 31.2 Å². The first kappa shape index (κ1) is 29.3. The number of methoxy groups -OCH3 is 1. The monoisotopic (exact) mass is 564 g/mol. The maximum absolute atomic E-state index is 12.6. The third-order valence-corrected chi connectivity index (χ3v) is 8.15. The van der Waals surface area contributed by atoms with E-state index in [9.17, 15) is 14.4 Å². The van der Waals surface area contributed by atoms with E-state index in [4.69, 9.17) is 20.3 Å². The van der Waals surface area contributed by atoms with E-state index in [1.54, 1.807) is 19.5 Å². The van der Waals surface area contributed by atoms with Gasteiger partial charge in [0, 0.05) is 40.7 Å². The van der Waals surface area contributed by atoms with Gasteiger partial charge in [-0.1, -0.05) is 6.92 Å². The lowest BCUT2D eigenvalue weighted by molar-refractivity contribution is -0.141. The number of carbonyl (C=O) groups is 3. The van der Waals surface area contributed by atoms with E-state index < -0.39 is 11.9 Å². The number of ketones is 1. The fourth-order valence-electron chi connectivity index (χ4n) is 4.80. The molecule has 2 aromatic carbocycles. The molecule has 2 heterocycles. The number of nitrogens with two attached hydrogens (primary N) is 1. The van der Waals surface area contributed by atoms with E-state index in [2.05, 4.69) is 6.07 Å². The molecule has 0 saturated carbocycles. The fraction of sp³-hybridized carbons (Fsp3) is 0.387. The van der Waals surface area contributed by atoms with Crippen molar-refractivity contribution >= 4 is 49.9 Å². The average molecular weight is 565 g/mol. The van der Waals surface area contributed by atoms with Crippen LogP contribution >= 0.6 is 11.3 Å². The molecule has 8 nitrogen and oxygen atoms in total. The number of aryl methyl sites for hydroxylation is 2. The molecule has 0 aliphatic carbocycles. The van der Waals surface area contributed by atoms with Gasteiger partial charge in [-0.2, -0.15) is 0 Å². The molecular weight excluding hydrogens is 528 g/mol. The number of ether oxygens (including phenoxy) is 2. The van der Waals surface area contributed by atoms with Gasteiger partial charge < -0.3 is 20.3 Å². The van der Waals surface area contributed by atoms with Crippen LogP contribution in [0.2, 0.25) is 0 Å². The minimum atomic E-state index is -0.989. The number of aliphatic carboxylic acids is 1. The van der Waals surface area contributed by atoms with Crippen LogP contribution in [-0.4, -0.2) is 47.6 Å². The van der Waals surface area contributed by atoms with Crippen molar-refractivity contribution in [2.45, 2.75) is 52.4 Å². The van der Waals surface area contributed by atoms with Crippen LogP contribution in [0.3, 0.4) is 0 Å². The zero-order valence-corrected chi connectivity index (χ0v) is 24.0. The summed E-state index contributed by atoms with van der Waals surface area (Å²) in [6, 6.07) is 10.1. The molecule has 0 spiro atoms. The Balaban J connectivity index is 1.52. The molecule has 3 N–H and O–H groups in total. The second kappa shape index (κ2) is 13.1. The van der Waals surface area contributed by atoms with Gasteiger partial charge in [-0.25, -0.2) is 0 Å². The zero-order chi connectivity index (χ0) is 28.8. The number of hydrogen-bond acceptors (Lipinski definition) is 7. The summed E-state index contributed by atoms with van der Waals surface area (Å²) < 4.78 is 14.1. The van der Waals surface area contributed by atoms with Crippen LogP contribution in [0.4, 0.5) is 0 Å². The van der Waals surface area contributed by atoms with Crippen LogP contribution < -0.4 is 15.2 Å². The molecule has 0 fully saturated rings. The number of carbonyl (C=O) groups excluding carboxylic acids is 2. The normalized spacial score (nSPS) is 12.1. The smallest absolute Gasteiger partial charge is 0.306 e. The van der Waals surface area contributed by atoms with Crippen LogP contribution in [-0.2, 0) is 17.6 Å². The SMILES string of the molecule is CCOc1cc2cn(C(=O)C[C@H](C)C(=O)O)cc2cc1CCCc1cc2cc(C(=O)CCCN)sc2cc1OC. The standard InChI is InChI=1S/C31H36N2O6S/c1-4-39-27-14-24-18-33(30(35)11-19(2)31(36)37)17-23(24)13-21(27)8-5-7-20-12-22-15-29(25(34)9-6-10-32)40-28(22)16-26(20)38-3/h12-19H,4-11,32H2,1-3H3,(H,36,37)/t19-/m0/s1. The topological polar surface area (TPSA) is 121 Å². The van der Waals surface area contributed by atoms with E-state index in [-0.39, 0.29) is 18.1 Å². The third-order valence-electron chi connectivity index (χ3n) is 7.01. The highest BCUT2D eigenvalue weighted by atomic mass is 32.1. The Morgan fingerprint density at radius 1 is 0.975 bits per heavy atom. The molecule has 0 saturated heterocycles. The zero-order valence-electron chi connectivity index (χ0n) is 23.2. The van der Waals surface area contributed by atoms with E-state index in [0.717, 1.165) is 67.6 Å². The summed E-state index contributed by atoms with van der Waals surface area (Å²) >= 11 is 1.49. The van der Waals surface area contributed by atoms with Gasteiger partial charge in [0.2, 0.25) is 5.91 Å². The third kappa shape index (κ3) is 6.71. The molecule has 9 heteroatoms. The number of nitrogens with zero attached hydrogens (tertiary/aromatic N) is 1. The number of thiophene rings is 1. The first-order valence-corrected chi connectivity index (χ1v) is 14.4. The number of fused-ring (bicyclic) bond motifs is 2. The van der Waals surface area contributed by atoms with Gasteiger partial charge in [0.25, 0.3) is 0 Å². The van der Waals surface area contributed by atoms with Crippen molar-refractivity contribution in [1.82, 2.24) is 4.57 Å². The number of rotatable bonds is 14. The number of aromatic nitrogens is 1. The van der Waals surface area contributed by atoms with Crippen molar-refractivity contribution in [1.29, 1.82) is 0 Å². The first-order chi connectivity index (χ1) is 19.2. The second-order valence-corrected chi connectivity index (χ2v) is 11.1. The molecule has 0 unspecified atom stereocenters. The molecular formula is C31H36N2O6S. The van der Waals surface area contributed by atoms with Crippen molar-refractivity contribution in [2.75, 3.05) is 20.3 Å². The van der Waals surface area contributed by atoms with Crippen molar-refractivity contribution in [3.05, 3.63) is 58.7 Å². The van der Waals surface area contributed by atoms with E-state index in [0.29, 0.717) is 26.0 Å². The van der Waals surface area contributed by atoms with Gasteiger partial charge in [-0.15, -0.1) is 11.3 Å². The Bertz CT molecular complexity index is 1540. The fourth-order valence-corrected chi connectivity index (χ4v) is 5.84. The summed E-state index contributed by atoms with van der Waals surface area (Å²) in [4.78, 5) is 37.0. The van der Waals surface area contributed by atoms with Crippen LogP contribution in [0.1, 0.15) is 65.1 Å². The number of Topliss-reactive ketones (excluding diaryl/α,β-unsaturated/α-hetero) is 1. The Labute approximate surface area is 237 Å². The quantitative estimate of drug-likeness (QED) is 0.177. The molecule has 1 atom stereocenters. The van der Waals surface area contributed by atoms with Crippen molar-refractivity contribution in [3.8, 4) is 11.5 Å². The van der Waals surface area contributed by atoms with Crippen LogP contribution in [0, 0.1) is 5.92 Å². The first-order valence-electron chi connectivity index (χ1n) is 13.6. The molecule has 0 bridgehead atoms. The summed E-state index contributed by atoms with van der Waals surface area (Å²) in [5.74, 6) is -0.288. The number of carboxylic acid groups (broad SMARTS) is 1. The molecule has 0 amide bonds. The minimum Gasteiger partial charge on any atom is -0.496 e. The predicted octanol–water partition coefficient (Wildman–Crippen LogP) is 6.11. The summed E-state index contributed by atoms with van der Waals surface area (Å²) in [6.07, 6.45) is 6.94. The molecule has 212 valence electrons.